The second-order valence-corrected chi connectivity index (χ2v) is 10.9. The Kier molecular flexibility index (Phi) is 7.09. The second-order valence-electron chi connectivity index (χ2n) is 10.9. The molecule has 0 radical (unpaired) electrons. The van der Waals surface area contributed by atoms with Crippen LogP contribution in [0.15, 0.2) is 66.7 Å². The zero-order chi connectivity index (χ0) is 26.9. The van der Waals surface area contributed by atoms with Gasteiger partial charge in [-0.2, -0.15) is 0 Å². The number of benzene rings is 3. The number of piperidine rings is 1. The molecule has 1 amide bonds. The highest BCUT2D eigenvalue weighted by molar-refractivity contribution is 5.80. The number of piperazine rings is 1. The number of hydrogen-bond donors (Lipinski definition) is 0. The van der Waals surface area contributed by atoms with Gasteiger partial charge in [0.1, 0.15) is 11.6 Å². The number of anilines is 1. The van der Waals surface area contributed by atoms with Crippen molar-refractivity contribution in [3.63, 3.8) is 0 Å². The van der Waals surface area contributed by atoms with E-state index in [1.165, 1.54) is 28.9 Å². The van der Waals surface area contributed by atoms with Crippen molar-refractivity contribution in [1.29, 1.82) is 0 Å². The molecule has 3 aromatic carbocycles. The number of aryl methyl sites for hydroxylation is 2. The molecule has 0 saturated carbocycles. The van der Waals surface area contributed by atoms with E-state index in [1.807, 2.05) is 18.2 Å². The quantitative estimate of drug-likeness (QED) is 0.353. The molecule has 4 aromatic rings. The van der Waals surface area contributed by atoms with Gasteiger partial charge in [-0.1, -0.05) is 30.3 Å². The molecule has 2 fully saturated rings. The van der Waals surface area contributed by atoms with Crippen LogP contribution in [0, 0.1) is 25.6 Å². The summed E-state index contributed by atoms with van der Waals surface area (Å²) in [6, 6.07) is 21.1. The van der Waals surface area contributed by atoms with Gasteiger partial charge in [0.15, 0.2) is 0 Å². The van der Waals surface area contributed by atoms with E-state index >= 15 is 0 Å². The Hall–Kier alpha value is -3.71. The van der Waals surface area contributed by atoms with E-state index in [2.05, 4.69) is 57.4 Å². The van der Waals surface area contributed by atoms with Crippen LogP contribution in [0.5, 0.6) is 0 Å². The number of aromatic nitrogens is 2. The number of likely N-dealkylation sites (tertiary alicyclic amines) is 1. The number of imidazole rings is 1. The Morgan fingerprint density at radius 1 is 0.846 bits per heavy atom. The minimum atomic E-state index is -0.247. The van der Waals surface area contributed by atoms with E-state index in [0.29, 0.717) is 12.5 Å². The summed E-state index contributed by atoms with van der Waals surface area (Å²) in [5.41, 5.74) is 6.78. The Balaban J connectivity index is 1.08. The molecular formula is C32H36FN5O. The van der Waals surface area contributed by atoms with Crippen molar-refractivity contribution in [1.82, 2.24) is 19.4 Å². The van der Waals surface area contributed by atoms with Gasteiger partial charge in [-0.05, 0) is 87.3 Å². The van der Waals surface area contributed by atoms with Gasteiger partial charge in [-0.3, -0.25) is 14.3 Å². The number of hydrogen-bond acceptors (Lipinski definition) is 4. The Morgan fingerprint density at radius 3 is 2.21 bits per heavy atom. The summed E-state index contributed by atoms with van der Waals surface area (Å²) >= 11 is 0. The summed E-state index contributed by atoms with van der Waals surface area (Å²) in [4.78, 5) is 25.3. The lowest BCUT2D eigenvalue weighted by atomic mass is 9.95. The number of para-hydroxylation sites is 3. The van der Waals surface area contributed by atoms with Gasteiger partial charge in [-0.25, -0.2) is 9.37 Å². The molecule has 1 aromatic heterocycles. The zero-order valence-corrected chi connectivity index (χ0v) is 22.8. The highest BCUT2D eigenvalue weighted by Gasteiger charge is 2.31. The fraction of sp³-hybridized carbons (Fsp3) is 0.375. The average Bonchev–Trinajstić information content (AvgIpc) is 3.31. The van der Waals surface area contributed by atoms with Crippen LogP contribution in [-0.4, -0.2) is 64.5 Å². The van der Waals surface area contributed by atoms with E-state index in [9.17, 15) is 9.18 Å². The van der Waals surface area contributed by atoms with Crippen LogP contribution >= 0.6 is 0 Å². The van der Waals surface area contributed by atoms with Gasteiger partial charge in [-0.15, -0.1) is 0 Å². The number of rotatable bonds is 5. The fourth-order valence-corrected chi connectivity index (χ4v) is 6.31. The molecule has 7 heteroatoms. The van der Waals surface area contributed by atoms with Gasteiger partial charge >= 0.3 is 0 Å². The summed E-state index contributed by atoms with van der Waals surface area (Å²) in [6.45, 7) is 10.1. The summed E-state index contributed by atoms with van der Waals surface area (Å²) in [5, 5.41) is 0. The van der Waals surface area contributed by atoms with Gasteiger partial charge < -0.3 is 9.80 Å². The van der Waals surface area contributed by atoms with Crippen molar-refractivity contribution in [3.8, 4) is 5.69 Å². The van der Waals surface area contributed by atoms with E-state index in [4.69, 9.17) is 4.98 Å². The minimum Gasteiger partial charge on any atom is -0.368 e. The molecule has 6 rings (SSSR count). The van der Waals surface area contributed by atoms with Crippen LogP contribution < -0.4 is 4.90 Å². The van der Waals surface area contributed by atoms with E-state index in [0.717, 1.165) is 74.7 Å². The maximum Gasteiger partial charge on any atom is 0.225 e. The smallest absolute Gasteiger partial charge is 0.225 e. The molecule has 0 aliphatic carbocycles. The van der Waals surface area contributed by atoms with Gasteiger partial charge in [0.25, 0.3) is 0 Å². The number of carbonyl (C=O) groups is 1. The lowest BCUT2D eigenvalue weighted by Gasteiger charge is -2.40. The first-order valence-electron chi connectivity index (χ1n) is 14.0. The monoisotopic (exact) mass is 525 g/mol. The molecule has 6 nitrogen and oxygen atoms in total. The Labute approximate surface area is 229 Å². The number of amides is 1. The highest BCUT2D eigenvalue weighted by atomic mass is 19.1. The van der Waals surface area contributed by atoms with Crippen molar-refractivity contribution >= 4 is 22.6 Å². The van der Waals surface area contributed by atoms with Crippen molar-refractivity contribution in [2.24, 2.45) is 5.92 Å². The molecule has 39 heavy (non-hydrogen) atoms. The molecule has 0 atom stereocenters. The molecular weight excluding hydrogens is 489 g/mol. The van der Waals surface area contributed by atoms with Crippen molar-refractivity contribution in [2.75, 3.05) is 44.2 Å². The molecule has 2 saturated heterocycles. The minimum absolute atomic E-state index is 0.0870. The molecule has 0 spiro atoms. The van der Waals surface area contributed by atoms with E-state index < -0.39 is 0 Å². The molecule has 3 heterocycles. The third kappa shape index (κ3) is 5.15. The van der Waals surface area contributed by atoms with Crippen LogP contribution in [0.3, 0.4) is 0 Å². The largest absolute Gasteiger partial charge is 0.368 e. The van der Waals surface area contributed by atoms with Crippen molar-refractivity contribution in [2.45, 2.75) is 33.2 Å². The van der Waals surface area contributed by atoms with Gasteiger partial charge in [0.2, 0.25) is 5.91 Å². The molecule has 0 bridgehead atoms. The topological polar surface area (TPSA) is 44.6 Å². The van der Waals surface area contributed by atoms with Gasteiger partial charge in [0, 0.05) is 43.5 Å². The van der Waals surface area contributed by atoms with E-state index in [1.54, 1.807) is 12.1 Å². The lowest BCUT2D eigenvalue weighted by molar-refractivity contribution is -0.137. The SMILES string of the molecule is Cc1cccc(C)c1N1CCN(C(=O)C2CCN(Cc3nc4ccccc4n3-c3ccc(F)cc3)CC2)CC1. The third-order valence-corrected chi connectivity index (χ3v) is 8.36. The number of carbonyl (C=O) groups excluding carboxylic acids is 1. The average molecular weight is 526 g/mol. The van der Waals surface area contributed by atoms with E-state index in [-0.39, 0.29) is 11.7 Å². The number of fused-ring (bicyclic) bond motifs is 1. The summed E-state index contributed by atoms with van der Waals surface area (Å²) in [7, 11) is 0. The highest BCUT2D eigenvalue weighted by Crippen LogP contribution is 2.28. The van der Waals surface area contributed by atoms with Crippen LogP contribution in [0.2, 0.25) is 0 Å². The van der Waals surface area contributed by atoms with Crippen LogP contribution in [0.4, 0.5) is 10.1 Å². The molecule has 0 unspecified atom stereocenters. The van der Waals surface area contributed by atoms with Crippen molar-refractivity contribution in [3.05, 3.63) is 89.5 Å². The zero-order valence-electron chi connectivity index (χ0n) is 22.8. The van der Waals surface area contributed by atoms with Crippen molar-refractivity contribution < 1.29 is 9.18 Å². The Bertz CT molecular complexity index is 1440. The summed E-state index contributed by atoms with van der Waals surface area (Å²) in [6.07, 6.45) is 1.74. The lowest BCUT2D eigenvalue weighted by Crippen LogP contribution is -2.52. The third-order valence-electron chi connectivity index (χ3n) is 8.36. The maximum absolute atomic E-state index is 13.6. The molecule has 0 N–H and O–H groups in total. The maximum atomic E-state index is 13.6. The summed E-state index contributed by atoms with van der Waals surface area (Å²) in [5.74, 6) is 1.09. The normalized spacial score (nSPS) is 17.2. The first-order valence-corrected chi connectivity index (χ1v) is 14.0. The first kappa shape index (κ1) is 25.6. The number of nitrogens with zero attached hydrogens (tertiary/aromatic N) is 5. The molecule has 202 valence electrons. The predicted octanol–water partition coefficient (Wildman–Crippen LogP) is 5.34. The van der Waals surface area contributed by atoms with Crippen LogP contribution in [0.1, 0.15) is 29.8 Å². The van der Waals surface area contributed by atoms with Crippen LogP contribution in [-0.2, 0) is 11.3 Å². The van der Waals surface area contributed by atoms with Crippen LogP contribution in [0.25, 0.3) is 16.7 Å². The molecule has 2 aliphatic rings. The standard InChI is InChI=1S/C32H36FN5O/c1-23-6-5-7-24(2)31(23)36-18-20-37(21-19-36)32(39)25-14-16-35(17-15-25)22-30-34-28-8-3-4-9-29(28)38(30)27-12-10-26(33)11-13-27/h3-13,25H,14-22H2,1-2H3. The first-order chi connectivity index (χ1) is 19.0. The fourth-order valence-electron chi connectivity index (χ4n) is 6.31. The summed E-state index contributed by atoms with van der Waals surface area (Å²) < 4.78 is 15.7. The molecule has 2 aliphatic heterocycles. The Morgan fingerprint density at radius 2 is 1.51 bits per heavy atom. The van der Waals surface area contributed by atoms with Gasteiger partial charge in [0.05, 0.1) is 17.6 Å². The predicted molar refractivity (Wildman–Crippen MR) is 154 cm³/mol. The second kappa shape index (κ2) is 10.8. The number of halogens is 1.